The number of aliphatic carboxylic acids is 1. The summed E-state index contributed by atoms with van der Waals surface area (Å²) in [6.45, 7) is 4.15. The fourth-order valence-corrected chi connectivity index (χ4v) is 1.55. The van der Waals surface area contributed by atoms with Crippen molar-refractivity contribution in [1.82, 2.24) is 0 Å². The highest BCUT2D eigenvalue weighted by Gasteiger charge is 2.03. The van der Waals surface area contributed by atoms with Crippen LogP contribution in [0.5, 0.6) is 0 Å². The van der Waals surface area contributed by atoms with Gasteiger partial charge in [0.1, 0.15) is 0 Å². The van der Waals surface area contributed by atoms with Gasteiger partial charge in [-0.3, -0.25) is 4.79 Å². The smallest absolute Gasteiger partial charge is 0.303 e. The zero-order valence-electron chi connectivity index (χ0n) is 6.46. The molecule has 0 aromatic rings. The van der Waals surface area contributed by atoms with Crippen molar-refractivity contribution in [2.24, 2.45) is 0 Å². The summed E-state index contributed by atoms with van der Waals surface area (Å²) in [6, 6.07) is 0. The van der Waals surface area contributed by atoms with Crippen LogP contribution in [-0.2, 0) is 4.79 Å². The molecule has 10 heavy (non-hydrogen) atoms. The zero-order chi connectivity index (χ0) is 7.98. The van der Waals surface area contributed by atoms with Gasteiger partial charge < -0.3 is 5.11 Å². The molecule has 3 heteroatoms. The lowest BCUT2D eigenvalue weighted by Gasteiger charge is -2.06. The van der Waals surface area contributed by atoms with E-state index in [1.54, 1.807) is 0 Å². The maximum Gasteiger partial charge on any atom is 0.303 e. The van der Waals surface area contributed by atoms with E-state index < -0.39 is 5.97 Å². The Labute approximate surface area is 66.0 Å². The highest BCUT2D eigenvalue weighted by atomic mass is 32.2. The van der Waals surface area contributed by atoms with E-state index in [2.05, 4.69) is 13.8 Å². The maximum atomic E-state index is 10.1. The highest BCUT2D eigenvalue weighted by Crippen LogP contribution is 2.14. The predicted octanol–water partition coefficient (Wildman–Crippen LogP) is 1.99. The summed E-state index contributed by atoms with van der Waals surface area (Å²) in [5.41, 5.74) is 0. The number of thioether (sulfide) groups is 1. The van der Waals surface area contributed by atoms with Crippen molar-refractivity contribution in [3.63, 3.8) is 0 Å². The molecule has 1 unspecified atom stereocenters. The van der Waals surface area contributed by atoms with Gasteiger partial charge in [0, 0.05) is 11.7 Å². The van der Waals surface area contributed by atoms with Gasteiger partial charge >= 0.3 is 5.97 Å². The van der Waals surface area contributed by atoms with E-state index in [-0.39, 0.29) is 0 Å². The Morgan fingerprint density at radius 2 is 2.30 bits per heavy atom. The summed E-state index contributed by atoms with van der Waals surface area (Å²) in [5.74, 6) is 0.379. The minimum absolute atomic E-state index is 0.300. The molecule has 0 rings (SSSR count). The van der Waals surface area contributed by atoms with Gasteiger partial charge in [-0.2, -0.15) is 11.8 Å². The van der Waals surface area contributed by atoms with Crippen molar-refractivity contribution in [3.8, 4) is 0 Å². The quantitative estimate of drug-likeness (QED) is 0.671. The highest BCUT2D eigenvalue weighted by molar-refractivity contribution is 7.99. The third-order valence-electron chi connectivity index (χ3n) is 1.22. The molecule has 0 aliphatic heterocycles. The van der Waals surface area contributed by atoms with Crippen molar-refractivity contribution in [2.45, 2.75) is 31.9 Å². The van der Waals surface area contributed by atoms with E-state index in [0.29, 0.717) is 11.7 Å². The Hall–Kier alpha value is -0.180. The van der Waals surface area contributed by atoms with Crippen LogP contribution in [0.15, 0.2) is 0 Å². The van der Waals surface area contributed by atoms with Crippen LogP contribution in [0.3, 0.4) is 0 Å². The molecule has 0 aromatic carbocycles. The Morgan fingerprint density at radius 1 is 1.70 bits per heavy atom. The molecule has 1 atom stereocenters. The normalized spacial score (nSPS) is 13.0. The van der Waals surface area contributed by atoms with Gasteiger partial charge in [0.2, 0.25) is 0 Å². The van der Waals surface area contributed by atoms with Crippen molar-refractivity contribution in [3.05, 3.63) is 0 Å². The van der Waals surface area contributed by atoms with Crippen LogP contribution < -0.4 is 0 Å². The standard InChI is InChI=1S/C7H14O2S/c1-3-10-6(2)4-5-7(8)9/h6H,3-5H2,1-2H3,(H,8,9). The molecule has 0 radical (unpaired) electrons. The molecule has 1 N–H and O–H groups in total. The lowest BCUT2D eigenvalue weighted by atomic mass is 10.2. The summed E-state index contributed by atoms with van der Waals surface area (Å²) >= 11 is 1.81. The Balaban J connectivity index is 3.21. The van der Waals surface area contributed by atoms with E-state index in [1.807, 2.05) is 11.8 Å². The van der Waals surface area contributed by atoms with Crippen LogP contribution in [-0.4, -0.2) is 22.1 Å². The van der Waals surface area contributed by atoms with Crippen molar-refractivity contribution in [1.29, 1.82) is 0 Å². The molecule has 0 saturated carbocycles. The summed E-state index contributed by atoms with van der Waals surface area (Å²) in [6.07, 6.45) is 1.09. The van der Waals surface area contributed by atoms with E-state index in [0.717, 1.165) is 12.2 Å². The van der Waals surface area contributed by atoms with Gasteiger partial charge in [0.05, 0.1) is 0 Å². The molecule has 0 aromatic heterocycles. The third kappa shape index (κ3) is 5.95. The fourth-order valence-electron chi connectivity index (χ4n) is 0.695. The number of hydrogen-bond acceptors (Lipinski definition) is 2. The second-order valence-corrected chi connectivity index (χ2v) is 3.91. The molecular formula is C7H14O2S. The van der Waals surface area contributed by atoms with E-state index in [1.165, 1.54) is 0 Å². The molecular weight excluding hydrogens is 148 g/mol. The molecule has 0 saturated heterocycles. The first-order valence-electron chi connectivity index (χ1n) is 3.50. The van der Waals surface area contributed by atoms with Gasteiger partial charge in [0.25, 0.3) is 0 Å². The van der Waals surface area contributed by atoms with Gasteiger partial charge in [-0.1, -0.05) is 13.8 Å². The van der Waals surface area contributed by atoms with Crippen LogP contribution in [0.2, 0.25) is 0 Å². The monoisotopic (exact) mass is 162 g/mol. The van der Waals surface area contributed by atoms with Gasteiger partial charge in [-0.15, -0.1) is 0 Å². The minimum Gasteiger partial charge on any atom is -0.481 e. The van der Waals surface area contributed by atoms with Crippen LogP contribution in [0.25, 0.3) is 0 Å². The molecule has 0 fully saturated rings. The number of carbonyl (C=O) groups is 1. The van der Waals surface area contributed by atoms with Crippen LogP contribution in [0, 0.1) is 0 Å². The third-order valence-corrected chi connectivity index (χ3v) is 2.35. The Morgan fingerprint density at radius 3 is 2.70 bits per heavy atom. The molecule has 0 aliphatic rings. The molecule has 0 aliphatic carbocycles. The van der Waals surface area contributed by atoms with Gasteiger partial charge in [-0.05, 0) is 12.2 Å². The average molecular weight is 162 g/mol. The summed E-state index contributed by atoms with van der Waals surface area (Å²) in [4.78, 5) is 10.1. The van der Waals surface area contributed by atoms with E-state index in [4.69, 9.17) is 5.11 Å². The number of carboxylic acid groups (broad SMARTS) is 1. The average Bonchev–Trinajstić information content (AvgIpc) is 1.85. The van der Waals surface area contributed by atoms with Crippen molar-refractivity contribution >= 4 is 17.7 Å². The molecule has 0 amide bonds. The van der Waals surface area contributed by atoms with Crippen molar-refractivity contribution < 1.29 is 9.90 Å². The van der Waals surface area contributed by atoms with Crippen LogP contribution in [0.4, 0.5) is 0 Å². The molecule has 0 bridgehead atoms. The first kappa shape index (κ1) is 9.82. The Bertz CT molecular complexity index is 104. The summed E-state index contributed by atoms with van der Waals surface area (Å²) in [5, 5.41) is 8.81. The molecule has 0 spiro atoms. The minimum atomic E-state index is -0.691. The SMILES string of the molecule is CCSC(C)CCC(=O)O. The summed E-state index contributed by atoms with van der Waals surface area (Å²) in [7, 11) is 0. The molecule has 60 valence electrons. The number of rotatable bonds is 5. The van der Waals surface area contributed by atoms with E-state index in [9.17, 15) is 4.79 Å². The van der Waals surface area contributed by atoms with Gasteiger partial charge in [0.15, 0.2) is 0 Å². The topological polar surface area (TPSA) is 37.3 Å². The fraction of sp³-hybridized carbons (Fsp3) is 0.857. The second kappa shape index (κ2) is 5.59. The van der Waals surface area contributed by atoms with E-state index >= 15 is 0 Å². The Kier molecular flexibility index (Phi) is 5.49. The molecule has 0 heterocycles. The molecule has 2 nitrogen and oxygen atoms in total. The number of carboxylic acids is 1. The van der Waals surface area contributed by atoms with Gasteiger partial charge in [-0.25, -0.2) is 0 Å². The van der Waals surface area contributed by atoms with Crippen LogP contribution in [0.1, 0.15) is 26.7 Å². The van der Waals surface area contributed by atoms with Crippen LogP contribution >= 0.6 is 11.8 Å². The predicted molar refractivity (Wildman–Crippen MR) is 44.5 cm³/mol. The first-order valence-corrected chi connectivity index (χ1v) is 4.55. The maximum absolute atomic E-state index is 10.1. The largest absolute Gasteiger partial charge is 0.481 e. The number of hydrogen-bond donors (Lipinski definition) is 1. The lowest BCUT2D eigenvalue weighted by Crippen LogP contribution is -2.02. The zero-order valence-corrected chi connectivity index (χ0v) is 7.28. The lowest BCUT2D eigenvalue weighted by molar-refractivity contribution is -0.137. The second-order valence-electron chi connectivity index (χ2n) is 2.20. The summed E-state index contributed by atoms with van der Waals surface area (Å²) < 4.78 is 0. The van der Waals surface area contributed by atoms with Crippen molar-refractivity contribution in [2.75, 3.05) is 5.75 Å². The first-order chi connectivity index (χ1) is 4.66.